The second-order valence-electron chi connectivity index (χ2n) is 6.75. The summed E-state index contributed by atoms with van der Waals surface area (Å²) in [5.41, 5.74) is 0.435. The zero-order valence-electron chi connectivity index (χ0n) is 15.7. The van der Waals surface area contributed by atoms with Gasteiger partial charge in [-0.2, -0.15) is 0 Å². The summed E-state index contributed by atoms with van der Waals surface area (Å²) in [6, 6.07) is 16.2. The Labute approximate surface area is 167 Å². The van der Waals surface area contributed by atoms with Crippen LogP contribution in [0.25, 0.3) is 10.8 Å². The van der Waals surface area contributed by atoms with Crippen LogP contribution in [0.5, 0.6) is 0 Å². The van der Waals surface area contributed by atoms with Gasteiger partial charge in [0.1, 0.15) is 0 Å². The van der Waals surface area contributed by atoms with E-state index in [-0.39, 0.29) is 24.2 Å². The minimum atomic E-state index is -0.526. The molecule has 0 spiro atoms. The first kappa shape index (κ1) is 18.7. The Kier molecular flexibility index (Phi) is 5.29. The fourth-order valence-electron chi connectivity index (χ4n) is 3.41. The molecule has 0 radical (unpaired) electrons. The van der Waals surface area contributed by atoms with Crippen molar-refractivity contribution in [2.75, 3.05) is 32.8 Å². The van der Waals surface area contributed by atoms with E-state index in [0.717, 1.165) is 10.8 Å². The number of benzene rings is 2. The molecule has 0 N–H and O–H groups in total. The van der Waals surface area contributed by atoms with E-state index in [9.17, 15) is 14.4 Å². The van der Waals surface area contributed by atoms with E-state index in [0.29, 0.717) is 31.7 Å². The Bertz CT molecular complexity index is 1030. The van der Waals surface area contributed by atoms with E-state index in [1.165, 1.54) is 6.26 Å². The van der Waals surface area contributed by atoms with Crippen LogP contribution in [0.15, 0.2) is 65.3 Å². The lowest BCUT2D eigenvalue weighted by atomic mass is 10.1. The van der Waals surface area contributed by atoms with Crippen molar-refractivity contribution in [3.8, 4) is 0 Å². The summed E-state index contributed by atoms with van der Waals surface area (Å²) in [5.74, 6) is -0.705. The first-order valence-corrected chi connectivity index (χ1v) is 9.39. The molecule has 0 aliphatic carbocycles. The van der Waals surface area contributed by atoms with Gasteiger partial charge in [0.2, 0.25) is 0 Å². The Morgan fingerprint density at radius 3 is 2.34 bits per heavy atom. The lowest BCUT2D eigenvalue weighted by Crippen LogP contribution is -2.51. The molecule has 7 nitrogen and oxygen atoms in total. The molecule has 7 heteroatoms. The fourth-order valence-corrected chi connectivity index (χ4v) is 3.41. The number of amides is 2. The molecule has 0 unspecified atom stereocenters. The number of hydrogen-bond acceptors (Lipinski definition) is 5. The summed E-state index contributed by atoms with van der Waals surface area (Å²) in [5, 5.41) is 1.73. The standard InChI is InChI=1S/C22H20N2O5/c25-20(23-10-12-24(13-11-23)21(26)19-9-4-14-28-19)15-29-22(27)18-8-3-6-16-5-1-2-7-17(16)18/h1-9,14H,10-13,15H2. The summed E-state index contributed by atoms with van der Waals surface area (Å²) >= 11 is 0. The summed E-state index contributed by atoms with van der Waals surface area (Å²) < 4.78 is 10.4. The summed E-state index contributed by atoms with van der Waals surface area (Å²) in [7, 11) is 0. The van der Waals surface area contributed by atoms with Gasteiger partial charge in [0, 0.05) is 26.2 Å². The molecule has 2 amide bonds. The van der Waals surface area contributed by atoms with Crippen molar-refractivity contribution >= 4 is 28.6 Å². The number of furan rings is 1. The maximum atomic E-state index is 12.5. The quantitative estimate of drug-likeness (QED) is 0.638. The van der Waals surface area contributed by atoms with Crippen molar-refractivity contribution in [3.63, 3.8) is 0 Å². The van der Waals surface area contributed by atoms with E-state index in [4.69, 9.17) is 9.15 Å². The maximum Gasteiger partial charge on any atom is 0.339 e. The Morgan fingerprint density at radius 2 is 1.59 bits per heavy atom. The highest BCUT2D eigenvalue weighted by atomic mass is 16.5. The number of esters is 1. The molecule has 0 saturated carbocycles. The summed E-state index contributed by atoms with van der Waals surface area (Å²) in [6.07, 6.45) is 1.46. The molecule has 0 bridgehead atoms. The highest BCUT2D eigenvalue weighted by molar-refractivity contribution is 6.04. The van der Waals surface area contributed by atoms with Crippen LogP contribution in [-0.4, -0.2) is 60.4 Å². The summed E-state index contributed by atoms with van der Waals surface area (Å²) in [4.78, 5) is 40.4. The van der Waals surface area contributed by atoms with Crippen molar-refractivity contribution in [2.24, 2.45) is 0 Å². The number of carbonyl (C=O) groups is 3. The molecule has 0 atom stereocenters. The van der Waals surface area contributed by atoms with Crippen molar-refractivity contribution in [1.82, 2.24) is 9.80 Å². The van der Waals surface area contributed by atoms with Gasteiger partial charge in [-0.05, 0) is 29.0 Å². The average Bonchev–Trinajstić information content (AvgIpc) is 3.31. The van der Waals surface area contributed by atoms with Crippen LogP contribution >= 0.6 is 0 Å². The number of piperazine rings is 1. The van der Waals surface area contributed by atoms with Crippen LogP contribution in [0.2, 0.25) is 0 Å². The van der Waals surface area contributed by atoms with E-state index >= 15 is 0 Å². The molecule has 1 aliphatic rings. The molecule has 148 valence electrons. The van der Waals surface area contributed by atoms with Gasteiger partial charge in [0.15, 0.2) is 12.4 Å². The van der Waals surface area contributed by atoms with Crippen LogP contribution in [0, 0.1) is 0 Å². The van der Waals surface area contributed by atoms with Crippen LogP contribution in [0.1, 0.15) is 20.9 Å². The molecule has 1 aromatic heterocycles. The molecular formula is C22H20N2O5. The smallest absolute Gasteiger partial charge is 0.339 e. The SMILES string of the molecule is O=C(OCC(=O)N1CCN(C(=O)c2ccco2)CC1)c1cccc2ccccc12. The molecular weight excluding hydrogens is 372 g/mol. The predicted molar refractivity (Wildman–Crippen MR) is 105 cm³/mol. The number of hydrogen-bond donors (Lipinski definition) is 0. The van der Waals surface area contributed by atoms with Gasteiger partial charge in [-0.15, -0.1) is 0 Å². The Hall–Kier alpha value is -3.61. The normalized spacial score (nSPS) is 14.1. The molecule has 1 saturated heterocycles. The zero-order valence-corrected chi connectivity index (χ0v) is 15.7. The van der Waals surface area contributed by atoms with Gasteiger partial charge < -0.3 is 19.0 Å². The molecule has 4 rings (SSSR count). The van der Waals surface area contributed by atoms with Crippen LogP contribution in [0.4, 0.5) is 0 Å². The second-order valence-corrected chi connectivity index (χ2v) is 6.75. The van der Waals surface area contributed by atoms with Gasteiger partial charge in [0.05, 0.1) is 11.8 Å². The third-order valence-electron chi connectivity index (χ3n) is 4.99. The second kappa shape index (κ2) is 8.18. The molecule has 3 aromatic rings. The summed E-state index contributed by atoms with van der Waals surface area (Å²) in [6.45, 7) is 1.26. The van der Waals surface area contributed by atoms with Gasteiger partial charge in [-0.25, -0.2) is 4.79 Å². The van der Waals surface area contributed by atoms with Crippen molar-refractivity contribution in [1.29, 1.82) is 0 Å². The van der Waals surface area contributed by atoms with Gasteiger partial charge >= 0.3 is 5.97 Å². The van der Waals surface area contributed by atoms with Crippen LogP contribution in [-0.2, 0) is 9.53 Å². The first-order valence-electron chi connectivity index (χ1n) is 9.39. The van der Waals surface area contributed by atoms with Gasteiger partial charge in [-0.1, -0.05) is 36.4 Å². The third-order valence-corrected chi connectivity index (χ3v) is 4.99. The first-order chi connectivity index (χ1) is 14.1. The molecule has 1 fully saturated rings. The molecule has 2 aromatic carbocycles. The van der Waals surface area contributed by atoms with Crippen LogP contribution in [0.3, 0.4) is 0 Å². The minimum absolute atomic E-state index is 0.190. The predicted octanol–water partition coefficient (Wildman–Crippen LogP) is 2.57. The largest absolute Gasteiger partial charge is 0.459 e. The topological polar surface area (TPSA) is 80.1 Å². The lowest BCUT2D eigenvalue weighted by Gasteiger charge is -2.34. The van der Waals surface area contributed by atoms with Crippen molar-refractivity contribution in [2.45, 2.75) is 0 Å². The van der Waals surface area contributed by atoms with Crippen molar-refractivity contribution < 1.29 is 23.5 Å². The Balaban J connectivity index is 1.31. The van der Waals surface area contributed by atoms with Gasteiger partial charge in [0.25, 0.3) is 11.8 Å². The minimum Gasteiger partial charge on any atom is -0.459 e. The number of ether oxygens (including phenoxy) is 1. The number of nitrogens with zero attached hydrogens (tertiary/aromatic N) is 2. The lowest BCUT2D eigenvalue weighted by molar-refractivity contribution is -0.136. The van der Waals surface area contributed by atoms with E-state index in [2.05, 4.69) is 0 Å². The van der Waals surface area contributed by atoms with E-state index in [1.54, 1.807) is 34.1 Å². The number of fused-ring (bicyclic) bond motifs is 1. The molecule has 1 aliphatic heterocycles. The molecule has 29 heavy (non-hydrogen) atoms. The fraction of sp³-hybridized carbons (Fsp3) is 0.227. The maximum absolute atomic E-state index is 12.5. The number of rotatable bonds is 4. The number of carbonyl (C=O) groups excluding carboxylic acids is 3. The van der Waals surface area contributed by atoms with E-state index < -0.39 is 5.97 Å². The van der Waals surface area contributed by atoms with Crippen molar-refractivity contribution in [3.05, 3.63) is 72.2 Å². The molecule has 2 heterocycles. The van der Waals surface area contributed by atoms with Crippen LogP contribution < -0.4 is 0 Å². The monoisotopic (exact) mass is 392 g/mol. The highest BCUT2D eigenvalue weighted by Crippen LogP contribution is 2.19. The third kappa shape index (κ3) is 3.99. The zero-order chi connectivity index (χ0) is 20.2. The Morgan fingerprint density at radius 1 is 0.862 bits per heavy atom. The highest BCUT2D eigenvalue weighted by Gasteiger charge is 2.26. The van der Waals surface area contributed by atoms with Gasteiger partial charge in [-0.3, -0.25) is 9.59 Å². The average molecular weight is 392 g/mol. The van der Waals surface area contributed by atoms with E-state index in [1.807, 2.05) is 30.3 Å².